The molecule has 0 spiro atoms. The summed E-state index contributed by atoms with van der Waals surface area (Å²) in [6.45, 7) is 0. The van der Waals surface area contributed by atoms with E-state index in [1.165, 1.54) is 43.8 Å². The van der Waals surface area contributed by atoms with Crippen molar-refractivity contribution in [2.75, 3.05) is 0 Å². The van der Waals surface area contributed by atoms with Crippen molar-refractivity contribution in [1.29, 1.82) is 0 Å². The van der Waals surface area contributed by atoms with Crippen LogP contribution >= 0.6 is 0 Å². The van der Waals surface area contributed by atoms with Crippen LogP contribution in [0.5, 0.6) is 0 Å². The Morgan fingerprint density at radius 3 is 1.95 bits per heavy atom. The molecule has 0 unspecified atom stereocenters. The van der Waals surface area contributed by atoms with Gasteiger partial charge >= 0.3 is 0 Å². The Morgan fingerprint density at radius 2 is 1.12 bits per heavy atom. The monoisotopic (exact) mass is 536 g/mol. The van der Waals surface area contributed by atoms with Gasteiger partial charge in [-0.15, -0.1) is 0 Å². The van der Waals surface area contributed by atoms with E-state index in [1.807, 2.05) is 18.6 Å². The van der Waals surface area contributed by atoms with Gasteiger partial charge in [-0.25, -0.2) is 0 Å². The van der Waals surface area contributed by atoms with Gasteiger partial charge in [0, 0.05) is 50.7 Å². The highest BCUT2D eigenvalue weighted by Gasteiger charge is 2.18. The second-order valence-electron chi connectivity index (χ2n) is 10.7. The van der Waals surface area contributed by atoms with Gasteiger partial charge in [-0.1, -0.05) is 72.8 Å². The maximum Gasteiger partial charge on any atom is 0.0724 e. The van der Waals surface area contributed by atoms with Gasteiger partial charge < -0.3 is 9.13 Å². The topological polar surface area (TPSA) is 35.6 Å². The lowest BCUT2D eigenvalue weighted by molar-refractivity contribution is 1.17. The Balaban J connectivity index is 1.33. The zero-order valence-electron chi connectivity index (χ0n) is 22.6. The summed E-state index contributed by atoms with van der Waals surface area (Å²) in [4.78, 5) is 9.31. The summed E-state index contributed by atoms with van der Waals surface area (Å²) in [7, 11) is 0. The number of rotatable bonds is 3. The highest BCUT2D eigenvalue weighted by Crippen LogP contribution is 2.39. The first-order valence-electron chi connectivity index (χ1n) is 14.2. The number of pyridine rings is 2. The van der Waals surface area contributed by atoms with Crippen molar-refractivity contribution in [1.82, 2.24) is 19.1 Å². The minimum atomic E-state index is 0.999. The van der Waals surface area contributed by atoms with E-state index in [1.54, 1.807) is 0 Å². The van der Waals surface area contributed by atoms with E-state index in [2.05, 4.69) is 142 Å². The van der Waals surface area contributed by atoms with Gasteiger partial charge in [-0.05, 0) is 65.7 Å². The van der Waals surface area contributed by atoms with Gasteiger partial charge in [0.25, 0.3) is 0 Å². The second-order valence-corrected chi connectivity index (χ2v) is 10.7. The first-order valence-corrected chi connectivity index (χ1v) is 14.2. The smallest absolute Gasteiger partial charge is 0.0724 e. The maximum absolute atomic E-state index is 4.86. The predicted molar refractivity (Wildman–Crippen MR) is 174 cm³/mol. The number of para-hydroxylation sites is 3. The third-order valence-electron chi connectivity index (χ3n) is 8.43. The molecule has 4 aromatic heterocycles. The summed E-state index contributed by atoms with van der Waals surface area (Å²) in [5.74, 6) is 0. The van der Waals surface area contributed by atoms with E-state index in [4.69, 9.17) is 4.98 Å². The molecule has 5 aromatic carbocycles. The molecular formula is C38H24N4. The van der Waals surface area contributed by atoms with Crippen molar-refractivity contribution in [3.05, 3.63) is 146 Å². The minimum absolute atomic E-state index is 0.999. The Bertz CT molecular complexity index is 2450. The molecule has 0 radical (unpaired) electrons. The van der Waals surface area contributed by atoms with Crippen molar-refractivity contribution in [2.24, 2.45) is 0 Å². The summed E-state index contributed by atoms with van der Waals surface area (Å²) >= 11 is 0. The van der Waals surface area contributed by atoms with Crippen molar-refractivity contribution in [3.63, 3.8) is 0 Å². The molecule has 42 heavy (non-hydrogen) atoms. The van der Waals surface area contributed by atoms with Crippen molar-refractivity contribution in [3.8, 4) is 22.5 Å². The van der Waals surface area contributed by atoms with Crippen LogP contribution in [0.4, 0.5) is 0 Å². The molecule has 4 nitrogen and oxygen atoms in total. The molecule has 0 fully saturated rings. The fourth-order valence-corrected chi connectivity index (χ4v) is 6.56. The highest BCUT2D eigenvalue weighted by atomic mass is 15.0. The van der Waals surface area contributed by atoms with Crippen molar-refractivity contribution >= 4 is 54.5 Å². The maximum atomic E-state index is 4.86. The van der Waals surface area contributed by atoms with Gasteiger partial charge in [0.1, 0.15) is 0 Å². The van der Waals surface area contributed by atoms with Crippen LogP contribution in [0, 0.1) is 0 Å². The highest BCUT2D eigenvalue weighted by molar-refractivity contribution is 6.18. The van der Waals surface area contributed by atoms with Crippen molar-refractivity contribution in [2.45, 2.75) is 0 Å². The van der Waals surface area contributed by atoms with E-state index < -0.39 is 0 Å². The number of hydrogen-bond acceptors (Lipinski definition) is 2. The normalized spacial score (nSPS) is 11.8. The third kappa shape index (κ3) is 3.29. The van der Waals surface area contributed by atoms with E-state index in [-0.39, 0.29) is 0 Å². The molecule has 0 bridgehead atoms. The van der Waals surface area contributed by atoms with Crippen LogP contribution in [-0.2, 0) is 0 Å². The molecule has 4 heteroatoms. The molecule has 196 valence electrons. The van der Waals surface area contributed by atoms with Crippen LogP contribution in [0.25, 0.3) is 77.0 Å². The molecule has 0 aliphatic rings. The largest absolute Gasteiger partial charge is 0.309 e. The number of fused-ring (bicyclic) bond motifs is 8. The van der Waals surface area contributed by atoms with Crippen molar-refractivity contribution < 1.29 is 0 Å². The SMILES string of the molecule is c1ccc(-n2c3cnccc3c3ccc(-c4ccc5c(c4)c4cnc6ccccc6c4n5-c4ccccc4)cc32)cc1. The van der Waals surface area contributed by atoms with Crippen LogP contribution in [-0.4, -0.2) is 19.1 Å². The third-order valence-corrected chi connectivity index (χ3v) is 8.43. The summed E-state index contributed by atoms with van der Waals surface area (Å²) in [5.41, 5.74) is 10.2. The van der Waals surface area contributed by atoms with Crippen LogP contribution in [0.3, 0.4) is 0 Å². The van der Waals surface area contributed by atoms with Gasteiger partial charge in [0.15, 0.2) is 0 Å². The lowest BCUT2D eigenvalue weighted by atomic mass is 10.0. The summed E-state index contributed by atoms with van der Waals surface area (Å²) in [6, 6.07) is 45.3. The van der Waals surface area contributed by atoms with Gasteiger partial charge in [-0.3, -0.25) is 9.97 Å². The molecule has 0 atom stereocenters. The number of aromatic nitrogens is 4. The molecule has 4 heterocycles. The van der Waals surface area contributed by atoms with Crippen LogP contribution < -0.4 is 0 Å². The second kappa shape index (κ2) is 8.88. The van der Waals surface area contributed by atoms with Crippen LogP contribution in [0.1, 0.15) is 0 Å². The molecule has 9 aromatic rings. The van der Waals surface area contributed by atoms with E-state index in [0.717, 1.165) is 33.2 Å². The van der Waals surface area contributed by atoms with E-state index in [0.29, 0.717) is 0 Å². The molecule has 0 saturated carbocycles. The molecule has 0 aliphatic heterocycles. The predicted octanol–water partition coefficient (Wildman–Crippen LogP) is 9.49. The lowest BCUT2D eigenvalue weighted by Gasteiger charge is -2.10. The number of hydrogen-bond donors (Lipinski definition) is 0. The number of benzene rings is 5. The van der Waals surface area contributed by atoms with Gasteiger partial charge in [-0.2, -0.15) is 0 Å². The molecule has 0 N–H and O–H groups in total. The first-order chi connectivity index (χ1) is 20.8. The minimum Gasteiger partial charge on any atom is -0.309 e. The fraction of sp³-hybridized carbons (Fsp3) is 0. The average molecular weight is 537 g/mol. The summed E-state index contributed by atoms with van der Waals surface area (Å²) in [5, 5.41) is 5.92. The zero-order valence-corrected chi connectivity index (χ0v) is 22.6. The summed E-state index contributed by atoms with van der Waals surface area (Å²) in [6.07, 6.45) is 5.87. The molecule has 0 aliphatic carbocycles. The lowest BCUT2D eigenvalue weighted by Crippen LogP contribution is -1.94. The molecule has 0 saturated heterocycles. The Morgan fingerprint density at radius 1 is 0.429 bits per heavy atom. The van der Waals surface area contributed by atoms with E-state index >= 15 is 0 Å². The van der Waals surface area contributed by atoms with Gasteiger partial charge in [0.05, 0.1) is 33.8 Å². The Hall–Kier alpha value is -5.74. The van der Waals surface area contributed by atoms with Crippen LogP contribution in [0.2, 0.25) is 0 Å². The average Bonchev–Trinajstić information content (AvgIpc) is 3.58. The fourth-order valence-electron chi connectivity index (χ4n) is 6.56. The standard InChI is InChI=1S/C38H24N4/c1-3-9-27(10-4-1)41-36-22-26(15-17-29(36)30-19-20-39-24-37(30)41)25-16-18-35-32(21-25)33-23-40-34-14-8-7-13-31(34)38(33)42(35)28-11-5-2-6-12-28/h1-24H. The Kier molecular flexibility index (Phi) is 4.87. The zero-order chi connectivity index (χ0) is 27.6. The first kappa shape index (κ1) is 23.0. The molecule has 0 amide bonds. The Labute approximate surface area is 241 Å². The van der Waals surface area contributed by atoms with Crippen LogP contribution in [0.15, 0.2) is 146 Å². The molecule has 9 rings (SSSR count). The quantitative estimate of drug-likeness (QED) is 0.225. The number of nitrogens with zero attached hydrogens (tertiary/aromatic N) is 4. The van der Waals surface area contributed by atoms with Gasteiger partial charge in [0.2, 0.25) is 0 Å². The molecular weight excluding hydrogens is 512 g/mol. The van der Waals surface area contributed by atoms with E-state index in [9.17, 15) is 0 Å². The summed E-state index contributed by atoms with van der Waals surface area (Å²) < 4.78 is 4.69.